The maximum Gasteiger partial charge on any atom is 0.325 e. The number of rotatable bonds is 2. The van der Waals surface area contributed by atoms with Gasteiger partial charge in [-0.05, 0) is 48.9 Å². The first kappa shape index (κ1) is 13.4. The molecule has 2 amide bonds. The third-order valence-electron chi connectivity index (χ3n) is 2.93. The standard InChI is InChI=1S/C15H14N4OS/c1-9-2-7-12-13(8-9)21-15(18-12)19-14(20)17-11-5-3-10(16)4-6-11/h2-8H,16H2,1H3,(H2,17,18,19,20). The molecule has 0 radical (unpaired) electrons. The molecule has 0 spiro atoms. The quantitative estimate of drug-likeness (QED) is 0.629. The molecule has 0 saturated carbocycles. The lowest BCUT2D eigenvalue weighted by Crippen LogP contribution is -2.19. The van der Waals surface area contributed by atoms with E-state index in [-0.39, 0.29) is 6.03 Å². The van der Waals surface area contributed by atoms with Gasteiger partial charge in [0.1, 0.15) is 0 Å². The van der Waals surface area contributed by atoms with Crippen LogP contribution in [0.3, 0.4) is 0 Å². The van der Waals surface area contributed by atoms with E-state index in [4.69, 9.17) is 5.73 Å². The molecule has 0 saturated heterocycles. The maximum atomic E-state index is 11.9. The van der Waals surface area contributed by atoms with E-state index in [1.54, 1.807) is 24.3 Å². The van der Waals surface area contributed by atoms with E-state index in [0.29, 0.717) is 16.5 Å². The van der Waals surface area contributed by atoms with Gasteiger partial charge in [0.25, 0.3) is 0 Å². The van der Waals surface area contributed by atoms with Crippen molar-refractivity contribution < 1.29 is 4.79 Å². The van der Waals surface area contributed by atoms with Gasteiger partial charge in [0, 0.05) is 11.4 Å². The van der Waals surface area contributed by atoms with Crippen LogP contribution in [0.15, 0.2) is 42.5 Å². The lowest BCUT2D eigenvalue weighted by Gasteiger charge is -2.05. The van der Waals surface area contributed by atoms with Crippen LogP contribution in [0.4, 0.5) is 21.3 Å². The number of amides is 2. The Bertz CT molecular complexity index is 795. The summed E-state index contributed by atoms with van der Waals surface area (Å²) in [5.41, 5.74) is 8.99. The molecule has 0 fully saturated rings. The Hall–Kier alpha value is -2.60. The molecule has 0 aliphatic rings. The number of aromatic nitrogens is 1. The van der Waals surface area contributed by atoms with E-state index in [1.807, 2.05) is 19.1 Å². The average Bonchev–Trinajstić information content (AvgIpc) is 2.82. The Labute approximate surface area is 125 Å². The molecule has 0 atom stereocenters. The van der Waals surface area contributed by atoms with E-state index in [9.17, 15) is 4.79 Å². The van der Waals surface area contributed by atoms with Crippen LogP contribution in [0, 0.1) is 6.92 Å². The second-order valence-corrected chi connectivity index (χ2v) is 5.72. The van der Waals surface area contributed by atoms with Crippen LogP contribution >= 0.6 is 11.3 Å². The monoisotopic (exact) mass is 298 g/mol. The van der Waals surface area contributed by atoms with Crippen LogP contribution in [-0.4, -0.2) is 11.0 Å². The third kappa shape index (κ3) is 3.11. The number of nitrogens with one attached hydrogen (secondary N) is 2. The zero-order chi connectivity index (χ0) is 14.8. The van der Waals surface area contributed by atoms with Gasteiger partial charge < -0.3 is 11.1 Å². The van der Waals surface area contributed by atoms with Crippen LogP contribution < -0.4 is 16.4 Å². The van der Waals surface area contributed by atoms with Crippen molar-refractivity contribution in [2.24, 2.45) is 0 Å². The van der Waals surface area contributed by atoms with Crippen molar-refractivity contribution in [3.8, 4) is 0 Å². The second kappa shape index (κ2) is 5.41. The van der Waals surface area contributed by atoms with Gasteiger partial charge >= 0.3 is 6.03 Å². The number of nitrogen functional groups attached to an aromatic ring is 1. The highest BCUT2D eigenvalue weighted by molar-refractivity contribution is 7.22. The number of anilines is 3. The van der Waals surface area contributed by atoms with Gasteiger partial charge in [-0.1, -0.05) is 17.4 Å². The molecule has 106 valence electrons. The van der Waals surface area contributed by atoms with Crippen molar-refractivity contribution in [1.29, 1.82) is 0 Å². The summed E-state index contributed by atoms with van der Waals surface area (Å²) in [6.07, 6.45) is 0. The van der Waals surface area contributed by atoms with Crippen molar-refractivity contribution in [2.75, 3.05) is 16.4 Å². The summed E-state index contributed by atoms with van der Waals surface area (Å²) in [7, 11) is 0. The fraction of sp³-hybridized carbons (Fsp3) is 0.0667. The summed E-state index contributed by atoms with van der Waals surface area (Å²) < 4.78 is 1.05. The van der Waals surface area contributed by atoms with E-state index < -0.39 is 0 Å². The Balaban J connectivity index is 1.72. The molecule has 0 bridgehead atoms. The summed E-state index contributed by atoms with van der Waals surface area (Å²) in [5, 5.41) is 6.05. The molecule has 21 heavy (non-hydrogen) atoms. The fourth-order valence-electron chi connectivity index (χ4n) is 1.91. The maximum absolute atomic E-state index is 11.9. The number of thiazole rings is 1. The first-order valence-electron chi connectivity index (χ1n) is 6.41. The van der Waals surface area contributed by atoms with Crippen LogP contribution in [0.2, 0.25) is 0 Å². The summed E-state index contributed by atoms with van der Waals surface area (Å²) >= 11 is 1.45. The molecule has 4 N–H and O–H groups in total. The Morgan fingerprint density at radius 2 is 1.90 bits per heavy atom. The smallest absolute Gasteiger partial charge is 0.325 e. The molecule has 0 aliphatic carbocycles. The number of fused-ring (bicyclic) bond motifs is 1. The van der Waals surface area contributed by atoms with E-state index in [0.717, 1.165) is 10.2 Å². The van der Waals surface area contributed by atoms with Crippen molar-refractivity contribution in [3.63, 3.8) is 0 Å². The predicted octanol–water partition coefficient (Wildman–Crippen LogP) is 3.83. The van der Waals surface area contributed by atoms with Crippen molar-refractivity contribution in [2.45, 2.75) is 6.92 Å². The Kier molecular flexibility index (Phi) is 3.45. The molecule has 0 aliphatic heterocycles. The molecular weight excluding hydrogens is 284 g/mol. The number of nitrogens with zero attached hydrogens (tertiary/aromatic N) is 1. The third-order valence-corrected chi connectivity index (χ3v) is 3.87. The first-order chi connectivity index (χ1) is 10.1. The van der Waals surface area contributed by atoms with E-state index in [2.05, 4.69) is 21.7 Å². The Morgan fingerprint density at radius 1 is 1.14 bits per heavy atom. The zero-order valence-corrected chi connectivity index (χ0v) is 12.2. The largest absolute Gasteiger partial charge is 0.399 e. The van der Waals surface area contributed by atoms with Crippen molar-refractivity contribution in [3.05, 3.63) is 48.0 Å². The molecule has 2 aromatic carbocycles. The number of hydrogen-bond donors (Lipinski definition) is 3. The molecule has 1 aromatic heterocycles. The minimum Gasteiger partial charge on any atom is -0.399 e. The zero-order valence-electron chi connectivity index (χ0n) is 11.4. The lowest BCUT2D eigenvalue weighted by molar-refractivity contribution is 0.262. The highest BCUT2D eigenvalue weighted by Crippen LogP contribution is 2.26. The molecule has 6 heteroatoms. The molecular formula is C15H14N4OS. The lowest BCUT2D eigenvalue weighted by atomic mass is 10.2. The van der Waals surface area contributed by atoms with Gasteiger partial charge in [0.15, 0.2) is 5.13 Å². The minimum atomic E-state index is -0.324. The van der Waals surface area contributed by atoms with Gasteiger partial charge in [-0.2, -0.15) is 0 Å². The highest BCUT2D eigenvalue weighted by Gasteiger charge is 2.08. The van der Waals surface area contributed by atoms with Crippen LogP contribution in [0.1, 0.15) is 5.56 Å². The highest BCUT2D eigenvalue weighted by atomic mass is 32.1. The minimum absolute atomic E-state index is 0.324. The average molecular weight is 298 g/mol. The number of carbonyl (C=O) groups excluding carboxylic acids is 1. The van der Waals surface area contributed by atoms with Crippen LogP contribution in [-0.2, 0) is 0 Å². The predicted molar refractivity (Wildman–Crippen MR) is 87.9 cm³/mol. The fourth-order valence-corrected chi connectivity index (χ4v) is 2.87. The molecule has 1 heterocycles. The van der Waals surface area contributed by atoms with Gasteiger partial charge in [-0.25, -0.2) is 9.78 Å². The van der Waals surface area contributed by atoms with E-state index >= 15 is 0 Å². The SMILES string of the molecule is Cc1ccc2nc(NC(=O)Nc3ccc(N)cc3)sc2c1. The first-order valence-corrected chi connectivity index (χ1v) is 7.22. The Morgan fingerprint density at radius 3 is 2.67 bits per heavy atom. The number of nitrogens with two attached hydrogens (primary N) is 1. The summed E-state index contributed by atoms with van der Waals surface area (Å²) in [6, 6.07) is 12.6. The molecule has 3 rings (SSSR count). The van der Waals surface area contributed by atoms with Crippen molar-refractivity contribution >= 4 is 44.1 Å². The van der Waals surface area contributed by atoms with Crippen LogP contribution in [0.5, 0.6) is 0 Å². The summed E-state index contributed by atoms with van der Waals surface area (Å²) in [4.78, 5) is 16.3. The second-order valence-electron chi connectivity index (χ2n) is 4.69. The van der Waals surface area contributed by atoms with Gasteiger partial charge in [0.2, 0.25) is 0 Å². The van der Waals surface area contributed by atoms with Gasteiger partial charge in [-0.3, -0.25) is 5.32 Å². The number of carbonyl (C=O) groups is 1. The summed E-state index contributed by atoms with van der Waals surface area (Å²) in [5.74, 6) is 0. The molecule has 0 unspecified atom stereocenters. The summed E-state index contributed by atoms with van der Waals surface area (Å²) in [6.45, 7) is 2.03. The van der Waals surface area contributed by atoms with Crippen molar-refractivity contribution in [1.82, 2.24) is 4.98 Å². The number of hydrogen-bond acceptors (Lipinski definition) is 4. The van der Waals surface area contributed by atoms with Crippen LogP contribution in [0.25, 0.3) is 10.2 Å². The number of aryl methyl sites for hydroxylation is 1. The number of benzene rings is 2. The van der Waals surface area contributed by atoms with E-state index in [1.165, 1.54) is 16.9 Å². The molecule has 3 aromatic rings. The topological polar surface area (TPSA) is 80.0 Å². The number of urea groups is 1. The normalized spacial score (nSPS) is 10.5. The van der Waals surface area contributed by atoms with Gasteiger partial charge in [0.05, 0.1) is 10.2 Å². The van der Waals surface area contributed by atoms with Gasteiger partial charge in [-0.15, -0.1) is 0 Å². The molecule has 5 nitrogen and oxygen atoms in total.